The van der Waals surface area contributed by atoms with E-state index in [1.54, 1.807) is 18.2 Å². The number of hydrogen-bond donors (Lipinski definition) is 1. The Morgan fingerprint density at radius 1 is 1.08 bits per heavy atom. The summed E-state index contributed by atoms with van der Waals surface area (Å²) in [5.41, 5.74) is 2.96. The molecule has 0 radical (unpaired) electrons. The van der Waals surface area contributed by atoms with Gasteiger partial charge in [0.15, 0.2) is 0 Å². The third-order valence-electron chi connectivity index (χ3n) is 4.86. The standard InChI is InChI=1S/C21H25FN2O2/c1-16-3-8-20(22)19(15-16)17-4-6-18(7-5-17)21(26)24-12-10-23(11-13-24)9-2-14-25/h3-8,15,25H,2,9-14H2,1H3. The maximum Gasteiger partial charge on any atom is 0.253 e. The molecule has 2 aromatic rings. The van der Waals surface area contributed by atoms with Crippen molar-refractivity contribution in [3.63, 3.8) is 0 Å². The minimum absolute atomic E-state index is 0.0167. The van der Waals surface area contributed by atoms with E-state index in [9.17, 15) is 9.18 Å². The molecule has 5 heteroatoms. The number of aliphatic hydroxyl groups is 1. The Bertz CT molecular complexity index is 753. The Labute approximate surface area is 153 Å². The van der Waals surface area contributed by atoms with Gasteiger partial charge in [0.2, 0.25) is 0 Å². The predicted molar refractivity (Wildman–Crippen MR) is 101 cm³/mol. The molecule has 0 aliphatic carbocycles. The van der Waals surface area contributed by atoms with Crippen LogP contribution >= 0.6 is 0 Å². The summed E-state index contributed by atoms with van der Waals surface area (Å²) < 4.78 is 14.0. The molecule has 1 N–H and O–H groups in total. The number of carbonyl (C=O) groups is 1. The van der Waals surface area contributed by atoms with Gasteiger partial charge in [0.05, 0.1) is 0 Å². The van der Waals surface area contributed by atoms with Gasteiger partial charge >= 0.3 is 0 Å². The number of rotatable bonds is 5. The van der Waals surface area contributed by atoms with E-state index in [1.807, 2.05) is 30.0 Å². The predicted octanol–water partition coefficient (Wildman–Crippen LogP) is 2.94. The molecule has 138 valence electrons. The van der Waals surface area contributed by atoms with Gasteiger partial charge in [-0.1, -0.05) is 23.8 Å². The van der Waals surface area contributed by atoms with Gasteiger partial charge in [-0.15, -0.1) is 0 Å². The summed E-state index contributed by atoms with van der Waals surface area (Å²) in [6.07, 6.45) is 0.769. The number of halogens is 1. The molecular weight excluding hydrogens is 331 g/mol. The SMILES string of the molecule is Cc1ccc(F)c(-c2ccc(C(=O)N3CCN(CCCO)CC3)cc2)c1. The lowest BCUT2D eigenvalue weighted by atomic mass is 10.0. The van der Waals surface area contributed by atoms with Gasteiger partial charge in [-0.3, -0.25) is 9.69 Å². The highest BCUT2D eigenvalue weighted by Gasteiger charge is 2.21. The van der Waals surface area contributed by atoms with Crippen molar-refractivity contribution in [2.75, 3.05) is 39.3 Å². The molecule has 3 rings (SSSR count). The number of piperazine rings is 1. The summed E-state index contributed by atoms with van der Waals surface area (Å²) in [5.74, 6) is -0.239. The van der Waals surface area contributed by atoms with E-state index < -0.39 is 0 Å². The quantitative estimate of drug-likeness (QED) is 0.896. The fourth-order valence-corrected chi connectivity index (χ4v) is 3.30. The lowest BCUT2D eigenvalue weighted by molar-refractivity contribution is 0.0629. The fraction of sp³-hybridized carbons (Fsp3) is 0.381. The van der Waals surface area contributed by atoms with Gasteiger partial charge in [0.1, 0.15) is 5.82 Å². The van der Waals surface area contributed by atoms with Crippen molar-refractivity contribution in [2.45, 2.75) is 13.3 Å². The van der Waals surface area contributed by atoms with E-state index in [0.29, 0.717) is 24.2 Å². The molecule has 1 saturated heterocycles. The molecule has 26 heavy (non-hydrogen) atoms. The summed E-state index contributed by atoms with van der Waals surface area (Å²) in [4.78, 5) is 16.8. The van der Waals surface area contributed by atoms with Crippen LogP contribution in [0.2, 0.25) is 0 Å². The Balaban J connectivity index is 1.65. The third-order valence-corrected chi connectivity index (χ3v) is 4.86. The van der Waals surface area contributed by atoms with E-state index in [1.165, 1.54) is 6.07 Å². The topological polar surface area (TPSA) is 43.8 Å². The van der Waals surface area contributed by atoms with Crippen molar-refractivity contribution >= 4 is 5.91 Å². The highest BCUT2D eigenvalue weighted by Crippen LogP contribution is 2.24. The van der Waals surface area contributed by atoms with Crippen molar-refractivity contribution in [3.05, 3.63) is 59.4 Å². The molecule has 0 atom stereocenters. The van der Waals surface area contributed by atoms with E-state index in [2.05, 4.69) is 4.90 Å². The molecule has 1 aliphatic rings. The van der Waals surface area contributed by atoms with Crippen LogP contribution in [-0.2, 0) is 0 Å². The number of aliphatic hydroxyl groups excluding tert-OH is 1. The Kier molecular flexibility index (Phi) is 6.01. The lowest BCUT2D eigenvalue weighted by Gasteiger charge is -2.34. The summed E-state index contributed by atoms with van der Waals surface area (Å²) in [7, 11) is 0. The van der Waals surface area contributed by atoms with Gasteiger partial charge in [0.25, 0.3) is 5.91 Å². The molecule has 0 spiro atoms. The Morgan fingerprint density at radius 2 is 1.77 bits per heavy atom. The van der Waals surface area contributed by atoms with E-state index in [0.717, 1.165) is 37.2 Å². The zero-order valence-electron chi connectivity index (χ0n) is 15.1. The number of nitrogens with zero attached hydrogens (tertiary/aromatic N) is 2. The first-order valence-electron chi connectivity index (χ1n) is 9.07. The largest absolute Gasteiger partial charge is 0.396 e. The van der Waals surface area contributed by atoms with Crippen LogP contribution in [0.5, 0.6) is 0 Å². The van der Waals surface area contributed by atoms with Gasteiger partial charge in [-0.05, 0) is 43.2 Å². The second kappa shape index (κ2) is 8.43. The van der Waals surface area contributed by atoms with Crippen LogP contribution in [0.1, 0.15) is 22.3 Å². The van der Waals surface area contributed by atoms with Gasteiger partial charge in [-0.25, -0.2) is 4.39 Å². The molecule has 4 nitrogen and oxygen atoms in total. The molecule has 0 bridgehead atoms. The molecule has 0 aromatic heterocycles. The summed E-state index contributed by atoms with van der Waals surface area (Å²) in [5, 5.41) is 8.91. The summed E-state index contributed by atoms with van der Waals surface area (Å²) in [6, 6.07) is 12.2. The first-order chi connectivity index (χ1) is 12.6. The Morgan fingerprint density at radius 3 is 2.42 bits per heavy atom. The molecule has 1 fully saturated rings. The molecule has 1 amide bonds. The molecular formula is C21H25FN2O2. The lowest BCUT2D eigenvalue weighted by Crippen LogP contribution is -2.48. The molecule has 0 unspecified atom stereocenters. The number of carbonyl (C=O) groups excluding carboxylic acids is 1. The van der Waals surface area contributed by atoms with Crippen LogP contribution in [0, 0.1) is 12.7 Å². The van der Waals surface area contributed by atoms with Gasteiger partial charge in [-0.2, -0.15) is 0 Å². The van der Waals surface area contributed by atoms with Crippen molar-refractivity contribution in [2.24, 2.45) is 0 Å². The first kappa shape index (κ1) is 18.5. The average molecular weight is 356 g/mol. The summed E-state index contributed by atoms with van der Waals surface area (Å²) in [6.45, 7) is 6.05. The van der Waals surface area contributed by atoms with Crippen LogP contribution in [0.15, 0.2) is 42.5 Å². The highest BCUT2D eigenvalue weighted by molar-refractivity contribution is 5.94. The van der Waals surface area contributed by atoms with Crippen LogP contribution in [-0.4, -0.2) is 60.1 Å². The summed E-state index contributed by atoms with van der Waals surface area (Å²) >= 11 is 0. The third kappa shape index (κ3) is 4.29. The van der Waals surface area contributed by atoms with Crippen LogP contribution < -0.4 is 0 Å². The Hall–Kier alpha value is -2.24. The first-order valence-corrected chi connectivity index (χ1v) is 9.07. The molecule has 1 heterocycles. The second-order valence-electron chi connectivity index (χ2n) is 6.77. The maximum absolute atomic E-state index is 14.0. The van der Waals surface area contributed by atoms with Crippen LogP contribution in [0.3, 0.4) is 0 Å². The average Bonchev–Trinajstić information content (AvgIpc) is 2.68. The van der Waals surface area contributed by atoms with Crippen LogP contribution in [0.25, 0.3) is 11.1 Å². The van der Waals surface area contributed by atoms with E-state index in [4.69, 9.17) is 5.11 Å². The second-order valence-corrected chi connectivity index (χ2v) is 6.77. The van der Waals surface area contributed by atoms with Crippen molar-refractivity contribution in [1.29, 1.82) is 0 Å². The highest BCUT2D eigenvalue weighted by atomic mass is 19.1. The minimum atomic E-state index is -0.256. The maximum atomic E-state index is 14.0. The minimum Gasteiger partial charge on any atom is -0.396 e. The number of amides is 1. The number of benzene rings is 2. The van der Waals surface area contributed by atoms with Crippen LogP contribution in [0.4, 0.5) is 4.39 Å². The van der Waals surface area contributed by atoms with E-state index in [-0.39, 0.29) is 18.3 Å². The zero-order valence-corrected chi connectivity index (χ0v) is 15.1. The molecule has 2 aromatic carbocycles. The number of hydrogen-bond acceptors (Lipinski definition) is 3. The van der Waals surface area contributed by atoms with Gasteiger partial charge < -0.3 is 10.0 Å². The van der Waals surface area contributed by atoms with Crippen molar-refractivity contribution < 1.29 is 14.3 Å². The van der Waals surface area contributed by atoms with Crippen molar-refractivity contribution in [3.8, 4) is 11.1 Å². The normalized spacial score (nSPS) is 15.3. The number of aryl methyl sites for hydroxylation is 1. The zero-order chi connectivity index (χ0) is 18.5. The smallest absolute Gasteiger partial charge is 0.253 e. The van der Waals surface area contributed by atoms with Gasteiger partial charge in [0, 0.05) is 50.5 Å². The fourth-order valence-electron chi connectivity index (χ4n) is 3.30. The molecule has 0 saturated carbocycles. The van der Waals surface area contributed by atoms with E-state index >= 15 is 0 Å². The molecule has 1 aliphatic heterocycles. The monoisotopic (exact) mass is 356 g/mol. The van der Waals surface area contributed by atoms with Crippen molar-refractivity contribution in [1.82, 2.24) is 9.80 Å².